The van der Waals surface area contributed by atoms with Crippen LogP contribution in [0.25, 0.3) is 0 Å². The van der Waals surface area contributed by atoms with Crippen LogP contribution in [0.3, 0.4) is 0 Å². The molecule has 0 spiro atoms. The first-order valence-corrected chi connectivity index (χ1v) is 13.9. The molecule has 1 atom stereocenters. The Bertz CT molecular complexity index is 1330. The Morgan fingerprint density at radius 2 is 1.69 bits per heavy atom. The van der Waals surface area contributed by atoms with Crippen molar-refractivity contribution in [3.05, 3.63) is 89.0 Å². The second kappa shape index (κ2) is 11.0. The van der Waals surface area contributed by atoms with Gasteiger partial charge >= 0.3 is 0 Å². The van der Waals surface area contributed by atoms with Crippen molar-refractivity contribution < 1.29 is 22.7 Å². The van der Waals surface area contributed by atoms with Gasteiger partial charge in [0.05, 0.1) is 18.0 Å². The number of sulfonamides is 1. The Balaban J connectivity index is 1.46. The van der Waals surface area contributed by atoms with Crippen LogP contribution in [0.1, 0.15) is 41.1 Å². The standard InChI is InChI=1S/C28H32N2O5S/c1-20-11-13-24(21(2)18-20)28(22-8-5-4-6-9-22)29-27(31)10-7-15-30(36(3,32)33)23-12-14-25-26(19-23)35-17-16-34-25/h4-6,8-9,11-14,18-19,28H,7,10,15-17H2,1-3H3,(H,29,31)/t28-/m0/s1. The van der Waals surface area contributed by atoms with Crippen LogP contribution in [0, 0.1) is 13.8 Å². The van der Waals surface area contributed by atoms with Gasteiger partial charge in [-0.05, 0) is 49.1 Å². The quantitative estimate of drug-likeness (QED) is 0.459. The third-order valence-corrected chi connectivity index (χ3v) is 7.35. The number of rotatable bonds is 9. The molecule has 0 fully saturated rings. The third-order valence-electron chi connectivity index (χ3n) is 6.15. The molecule has 4 rings (SSSR count). The second-order valence-corrected chi connectivity index (χ2v) is 10.9. The summed E-state index contributed by atoms with van der Waals surface area (Å²) in [4.78, 5) is 13.0. The van der Waals surface area contributed by atoms with Crippen LogP contribution in [0.2, 0.25) is 0 Å². The minimum absolute atomic E-state index is 0.139. The number of amides is 1. The number of aryl methyl sites for hydroxylation is 2. The van der Waals surface area contributed by atoms with Gasteiger partial charge in [-0.25, -0.2) is 8.42 Å². The summed E-state index contributed by atoms with van der Waals surface area (Å²) >= 11 is 0. The largest absolute Gasteiger partial charge is 0.486 e. The zero-order chi connectivity index (χ0) is 25.7. The lowest BCUT2D eigenvalue weighted by atomic mass is 9.93. The molecule has 0 aromatic heterocycles. The van der Waals surface area contributed by atoms with Crippen LogP contribution >= 0.6 is 0 Å². The lowest BCUT2D eigenvalue weighted by Crippen LogP contribution is -2.33. The van der Waals surface area contributed by atoms with Crippen molar-refractivity contribution in [1.82, 2.24) is 5.32 Å². The SMILES string of the molecule is Cc1ccc([C@@H](NC(=O)CCCN(c2ccc3c(c2)OCCO3)S(C)(=O)=O)c2ccccc2)c(C)c1. The number of carbonyl (C=O) groups is 1. The van der Waals surface area contributed by atoms with Gasteiger partial charge in [0.25, 0.3) is 0 Å². The van der Waals surface area contributed by atoms with Crippen LogP contribution in [-0.4, -0.2) is 40.3 Å². The summed E-state index contributed by atoms with van der Waals surface area (Å²) in [6.45, 7) is 5.14. The average molecular weight is 509 g/mol. The Labute approximate surface area is 213 Å². The van der Waals surface area contributed by atoms with E-state index >= 15 is 0 Å². The highest BCUT2D eigenvalue weighted by Crippen LogP contribution is 2.35. The van der Waals surface area contributed by atoms with E-state index in [-0.39, 0.29) is 24.9 Å². The number of hydrogen-bond acceptors (Lipinski definition) is 5. The van der Waals surface area contributed by atoms with Gasteiger partial charge < -0.3 is 14.8 Å². The normalized spacial score (nSPS) is 13.6. The maximum Gasteiger partial charge on any atom is 0.232 e. The van der Waals surface area contributed by atoms with Gasteiger partial charge in [0, 0.05) is 19.0 Å². The van der Waals surface area contributed by atoms with E-state index in [1.165, 1.54) is 4.31 Å². The van der Waals surface area contributed by atoms with E-state index < -0.39 is 10.0 Å². The van der Waals surface area contributed by atoms with Gasteiger partial charge in [-0.15, -0.1) is 0 Å². The molecule has 1 N–H and O–H groups in total. The smallest absolute Gasteiger partial charge is 0.232 e. The minimum atomic E-state index is -3.56. The third kappa shape index (κ3) is 6.18. The van der Waals surface area contributed by atoms with Crippen LogP contribution in [0.5, 0.6) is 11.5 Å². The molecule has 1 heterocycles. The highest BCUT2D eigenvalue weighted by atomic mass is 32.2. The fourth-order valence-corrected chi connectivity index (χ4v) is 5.38. The van der Waals surface area contributed by atoms with E-state index in [9.17, 15) is 13.2 Å². The number of benzene rings is 3. The van der Waals surface area contributed by atoms with Crippen LogP contribution in [-0.2, 0) is 14.8 Å². The van der Waals surface area contributed by atoms with Crippen molar-refractivity contribution >= 4 is 21.6 Å². The van der Waals surface area contributed by atoms with Crippen molar-refractivity contribution in [2.45, 2.75) is 32.7 Å². The van der Waals surface area contributed by atoms with Gasteiger partial charge in [0.15, 0.2) is 11.5 Å². The number of nitrogens with one attached hydrogen (secondary N) is 1. The van der Waals surface area contributed by atoms with Gasteiger partial charge in [-0.2, -0.15) is 0 Å². The number of nitrogens with zero attached hydrogens (tertiary/aromatic N) is 1. The molecule has 1 amide bonds. The molecule has 0 aliphatic carbocycles. The average Bonchev–Trinajstić information content (AvgIpc) is 2.85. The number of ether oxygens (including phenoxy) is 2. The van der Waals surface area contributed by atoms with Crippen molar-refractivity contribution in [2.24, 2.45) is 0 Å². The highest BCUT2D eigenvalue weighted by molar-refractivity contribution is 7.92. The molecular weight excluding hydrogens is 476 g/mol. The molecule has 8 heteroatoms. The number of fused-ring (bicyclic) bond motifs is 1. The first-order valence-electron chi connectivity index (χ1n) is 12.0. The minimum Gasteiger partial charge on any atom is -0.486 e. The Morgan fingerprint density at radius 3 is 2.39 bits per heavy atom. The van der Waals surface area contributed by atoms with Crippen molar-refractivity contribution in [3.8, 4) is 11.5 Å². The molecule has 1 aliphatic heterocycles. The lowest BCUT2D eigenvalue weighted by molar-refractivity contribution is -0.121. The van der Waals surface area contributed by atoms with E-state index in [0.29, 0.717) is 36.8 Å². The monoisotopic (exact) mass is 508 g/mol. The topological polar surface area (TPSA) is 84.9 Å². The predicted molar refractivity (Wildman–Crippen MR) is 141 cm³/mol. The summed E-state index contributed by atoms with van der Waals surface area (Å²) in [6.07, 6.45) is 1.71. The molecule has 1 aliphatic rings. The molecule has 0 unspecified atom stereocenters. The maximum atomic E-state index is 13.0. The van der Waals surface area contributed by atoms with Crippen molar-refractivity contribution in [3.63, 3.8) is 0 Å². The molecule has 0 bridgehead atoms. The Morgan fingerprint density at radius 1 is 0.972 bits per heavy atom. The zero-order valence-electron chi connectivity index (χ0n) is 20.9. The molecular formula is C28H32N2O5S. The first-order chi connectivity index (χ1) is 17.2. The fourth-order valence-electron chi connectivity index (χ4n) is 4.43. The molecule has 190 valence electrons. The summed E-state index contributed by atoms with van der Waals surface area (Å²) in [5.74, 6) is 0.972. The van der Waals surface area contributed by atoms with Gasteiger partial charge in [-0.1, -0.05) is 54.1 Å². The molecule has 0 saturated heterocycles. The number of hydrogen-bond donors (Lipinski definition) is 1. The van der Waals surface area contributed by atoms with Crippen molar-refractivity contribution in [1.29, 1.82) is 0 Å². The van der Waals surface area contributed by atoms with Gasteiger partial charge in [0.2, 0.25) is 15.9 Å². The van der Waals surface area contributed by atoms with Crippen LogP contribution in [0.15, 0.2) is 66.7 Å². The fraction of sp³-hybridized carbons (Fsp3) is 0.321. The molecule has 36 heavy (non-hydrogen) atoms. The summed E-state index contributed by atoms with van der Waals surface area (Å²) in [6, 6.07) is 20.8. The summed E-state index contributed by atoms with van der Waals surface area (Å²) in [7, 11) is -3.56. The van der Waals surface area contributed by atoms with Crippen LogP contribution in [0.4, 0.5) is 5.69 Å². The first kappa shape index (κ1) is 25.6. The van der Waals surface area contributed by atoms with Gasteiger partial charge in [-0.3, -0.25) is 9.10 Å². The lowest BCUT2D eigenvalue weighted by Gasteiger charge is -2.25. The van der Waals surface area contributed by atoms with E-state index in [4.69, 9.17) is 9.47 Å². The van der Waals surface area contributed by atoms with E-state index in [1.807, 2.05) is 50.2 Å². The highest BCUT2D eigenvalue weighted by Gasteiger charge is 2.22. The molecule has 0 saturated carbocycles. The van der Waals surface area contributed by atoms with Gasteiger partial charge in [0.1, 0.15) is 13.2 Å². The molecule has 7 nitrogen and oxygen atoms in total. The van der Waals surface area contributed by atoms with Crippen molar-refractivity contribution in [2.75, 3.05) is 30.3 Å². The Kier molecular flexibility index (Phi) is 7.84. The number of anilines is 1. The van der Waals surface area contributed by atoms with E-state index in [1.54, 1.807) is 18.2 Å². The summed E-state index contributed by atoms with van der Waals surface area (Å²) < 4.78 is 37.5. The molecule has 3 aromatic rings. The zero-order valence-corrected chi connectivity index (χ0v) is 21.7. The molecule has 0 radical (unpaired) electrons. The summed E-state index contributed by atoms with van der Waals surface area (Å²) in [5.41, 5.74) is 4.78. The second-order valence-electron chi connectivity index (χ2n) is 9.04. The van der Waals surface area contributed by atoms with E-state index in [0.717, 1.165) is 28.5 Å². The number of carbonyl (C=O) groups excluding carboxylic acids is 1. The predicted octanol–water partition coefficient (Wildman–Crippen LogP) is 4.53. The Hall–Kier alpha value is -3.52. The van der Waals surface area contributed by atoms with E-state index in [2.05, 4.69) is 17.4 Å². The summed E-state index contributed by atoms with van der Waals surface area (Å²) in [5, 5.41) is 3.16. The van der Waals surface area contributed by atoms with Crippen LogP contribution < -0.4 is 19.1 Å². The maximum absolute atomic E-state index is 13.0. The molecule has 3 aromatic carbocycles.